The van der Waals surface area contributed by atoms with Crippen molar-refractivity contribution in [2.75, 3.05) is 13.7 Å². The first-order valence-corrected chi connectivity index (χ1v) is 14.1. The Balaban J connectivity index is 0. The Labute approximate surface area is 254 Å². The molecule has 0 bridgehead atoms. The van der Waals surface area contributed by atoms with Crippen molar-refractivity contribution in [2.24, 2.45) is 0 Å². The molecule has 0 spiro atoms. The zero-order chi connectivity index (χ0) is 25.5. The Morgan fingerprint density at radius 2 is 1.31 bits per heavy atom. The number of rotatable bonds is 19. The number of ether oxygens (including phenoxy) is 1. The van der Waals surface area contributed by atoms with E-state index in [4.69, 9.17) is 19.6 Å². The molecule has 35 heavy (non-hydrogen) atoms. The number of phosphoric acid groups is 1. The van der Waals surface area contributed by atoms with Crippen LogP contribution in [0, 0.1) is 0 Å². The van der Waals surface area contributed by atoms with E-state index < -0.39 is 13.8 Å². The number of benzene rings is 1. The molecule has 0 aliphatic rings. The molecule has 3 N–H and O–H groups in total. The minimum atomic E-state index is -4.25. The van der Waals surface area contributed by atoms with Crippen LogP contribution in [0.15, 0.2) is 30.3 Å². The minimum absolute atomic E-state index is 0. The number of carbonyl (C=O) groups is 1. The number of hydrogen-bond donors (Lipinski definition) is 3. The zero-order valence-electron chi connectivity index (χ0n) is 21.0. The van der Waals surface area contributed by atoms with Crippen LogP contribution in [0.1, 0.15) is 102 Å². The van der Waals surface area contributed by atoms with E-state index in [0.29, 0.717) is 5.75 Å². The molecule has 0 aliphatic heterocycles. The second-order valence-electron chi connectivity index (χ2n) is 8.33. The van der Waals surface area contributed by atoms with Gasteiger partial charge in [0.15, 0.2) is 0 Å². The molecular formula is C26H46KO7P. The van der Waals surface area contributed by atoms with E-state index in [0.717, 1.165) is 30.9 Å². The number of hydrogen-bond acceptors (Lipinski definition) is 4. The van der Waals surface area contributed by atoms with E-state index >= 15 is 0 Å². The number of para-hydroxylation sites is 1. The average Bonchev–Trinajstić information content (AvgIpc) is 2.80. The van der Waals surface area contributed by atoms with Crippen LogP contribution in [-0.4, -0.2) is 86.0 Å². The van der Waals surface area contributed by atoms with Gasteiger partial charge in [-0.15, -0.1) is 0 Å². The molecule has 7 nitrogen and oxygen atoms in total. The summed E-state index contributed by atoms with van der Waals surface area (Å²) in [5, 5.41) is 8.41. The third-order valence-electron chi connectivity index (χ3n) is 5.30. The molecule has 0 atom stereocenters. The molecule has 0 saturated heterocycles. The second-order valence-corrected chi connectivity index (χ2v) is 9.57. The van der Waals surface area contributed by atoms with Gasteiger partial charge >= 0.3 is 65.2 Å². The van der Waals surface area contributed by atoms with Crippen molar-refractivity contribution in [1.82, 2.24) is 0 Å². The van der Waals surface area contributed by atoms with Gasteiger partial charge in [0.05, 0.1) is 13.7 Å². The summed E-state index contributed by atoms with van der Waals surface area (Å²) in [6.45, 7) is 2.42. The van der Waals surface area contributed by atoms with Crippen molar-refractivity contribution >= 4 is 71.3 Å². The van der Waals surface area contributed by atoms with Crippen molar-refractivity contribution in [2.45, 2.75) is 96.8 Å². The van der Waals surface area contributed by atoms with E-state index in [1.54, 1.807) is 19.2 Å². The van der Waals surface area contributed by atoms with Gasteiger partial charge in [-0.05, 0) is 18.6 Å². The Kier molecular flexibility index (Phi) is 27.2. The Hall–Kier alpha value is -0.0236. The Bertz CT molecular complexity index is 707. The predicted molar refractivity (Wildman–Crippen MR) is 145 cm³/mol. The molecule has 0 radical (unpaired) electrons. The van der Waals surface area contributed by atoms with Gasteiger partial charge in [-0.3, -0.25) is 4.52 Å². The first-order chi connectivity index (χ1) is 16.3. The average molecular weight is 541 g/mol. The first-order valence-electron chi connectivity index (χ1n) is 12.5. The molecule has 1 aromatic carbocycles. The van der Waals surface area contributed by atoms with Crippen molar-refractivity contribution in [3.05, 3.63) is 35.9 Å². The first kappa shape index (κ1) is 37.1. The number of aliphatic carboxylic acids is 1. The van der Waals surface area contributed by atoms with Crippen LogP contribution < -0.4 is 4.74 Å². The van der Waals surface area contributed by atoms with Gasteiger partial charge in [-0.25, -0.2) is 9.36 Å². The number of carboxylic acid groups (broad SMARTS) is 1. The third-order valence-corrected chi connectivity index (χ3v) is 5.82. The van der Waals surface area contributed by atoms with Crippen LogP contribution in [0.3, 0.4) is 0 Å². The maximum absolute atomic E-state index is 10.4. The van der Waals surface area contributed by atoms with Crippen LogP contribution in [0.4, 0.5) is 0 Å². The quantitative estimate of drug-likeness (QED) is 0.0772. The Morgan fingerprint density at radius 3 is 1.74 bits per heavy atom. The van der Waals surface area contributed by atoms with Gasteiger partial charge in [0.25, 0.3) is 0 Å². The molecule has 198 valence electrons. The van der Waals surface area contributed by atoms with Crippen molar-refractivity contribution in [3.8, 4) is 5.75 Å². The molecule has 0 amide bonds. The Morgan fingerprint density at radius 1 is 0.857 bits per heavy atom. The molecule has 0 aromatic heterocycles. The third kappa shape index (κ3) is 26.8. The molecule has 9 heteroatoms. The van der Waals surface area contributed by atoms with Crippen LogP contribution in [-0.2, 0) is 13.9 Å². The summed E-state index contributed by atoms with van der Waals surface area (Å²) in [6, 6.07) is 7.22. The van der Waals surface area contributed by atoms with Gasteiger partial charge in [0.2, 0.25) is 0 Å². The summed E-state index contributed by atoms with van der Waals surface area (Å²) in [4.78, 5) is 27.3. The molecule has 0 aliphatic carbocycles. The van der Waals surface area contributed by atoms with Crippen LogP contribution in [0.2, 0.25) is 0 Å². The number of unbranched alkanes of at least 4 members (excludes halogenated alkanes) is 13. The molecule has 1 rings (SSSR count). The van der Waals surface area contributed by atoms with E-state index in [9.17, 15) is 9.36 Å². The SMILES string of the molecule is CCCCCCCCCCCCCCCCOP(=O)(O)O.COc1ccccc1/C=C/C(=O)O.[KH]. The molecular weight excluding hydrogens is 494 g/mol. The number of phosphoric ester groups is 1. The zero-order valence-corrected chi connectivity index (χ0v) is 21.9. The number of methoxy groups -OCH3 is 1. The topological polar surface area (TPSA) is 113 Å². The monoisotopic (exact) mass is 540 g/mol. The summed E-state index contributed by atoms with van der Waals surface area (Å²) in [5.41, 5.74) is 0.757. The van der Waals surface area contributed by atoms with E-state index in [1.807, 2.05) is 12.1 Å². The van der Waals surface area contributed by atoms with Crippen LogP contribution in [0.5, 0.6) is 5.75 Å². The standard InChI is InChI=1S/C16H35O4P.C10H10O3.K.H/c1-2-3-4-5-6-7-8-9-10-11-12-13-14-15-16-20-21(17,18)19;1-13-9-5-3-2-4-8(9)6-7-10(11)12;;/h2-16H2,1H3,(H2,17,18,19);2-7H,1H3,(H,11,12);;/b;7-6+;;. The van der Waals surface area contributed by atoms with Gasteiger partial charge in [-0.1, -0.05) is 109 Å². The summed E-state index contributed by atoms with van der Waals surface area (Å²) in [5.74, 6) is -0.300. The molecule has 0 heterocycles. The van der Waals surface area contributed by atoms with Gasteiger partial charge in [0, 0.05) is 11.6 Å². The molecule has 0 saturated carbocycles. The fourth-order valence-electron chi connectivity index (χ4n) is 3.45. The van der Waals surface area contributed by atoms with E-state index in [-0.39, 0.29) is 58.0 Å². The van der Waals surface area contributed by atoms with E-state index in [2.05, 4.69) is 11.4 Å². The second kappa shape index (κ2) is 25.6. The summed E-state index contributed by atoms with van der Waals surface area (Å²) in [6.07, 6.45) is 20.4. The summed E-state index contributed by atoms with van der Waals surface area (Å²) >= 11 is 0. The van der Waals surface area contributed by atoms with Crippen molar-refractivity contribution in [1.29, 1.82) is 0 Å². The normalized spacial score (nSPS) is 11.0. The van der Waals surface area contributed by atoms with Gasteiger partial charge < -0.3 is 19.6 Å². The molecule has 1 aromatic rings. The molecule has 0 fully saturated rings. The predicted octanol–water partition coefficient (Wildman–Crippen LogP) is 6.72. The van der Waals surface area contributed by atoms with Gasteiger partial charge in [-0.2, -0.15) is 0 Å². The van der Waals surface area contributed by atoms with E-state index in [1.165, 1.54) is 76.7 Å². The van der Waals surface area contributed by atoms with Crippen molar-refractivity contribution < 1.29 is 33.5 Å². The van der Waals surface area contributed by atoms with Crippen molar-refractivity contribution in [3.63, 3.8) is 0 Å². The van der Waals surface area contributed by atoms with Crippen LogP contribution in [0.25, 0.3) is 6.08 Å². The summed E-state index contributed by atoms with van der Waals surface area (Å²) in [7, 11) is -2.70. The fraction of sp³-hybridized carbons (Fsp3) is 0.654. The van der Waals surface area contributed by atoms with Gasteiger partial charge in [0.1, 0.15) is 5.75 Å². The molecule has 0 unspecified atom stereocenters. The number of carboxylic acids is 1. The summed E-state index contributed by atoms with van der Waals surface area (Å²) < 4.78 is 19.9. The van der Waals surface area contributed by atoms with Crippen LogP contribution >= 0.6 is 7.82 Å². The fourth-order valence-corrected chi connectivity index (χ4v) is 3.81. The maximum atomic E-state index is 10.4.